The first-order valence-corrected chi connectivity index (χ1v) is 8.79. The number of nitrogens with two attached hydrogens (primary N) is 1. The van der Waals surface area contributed by atoms with Gasteiger partial charge >= 0.3 is 0 Å². The van der Waals surface area contributed by atoms with Crippen LogP contribution in [-0.4, -0.2) is 24.6 Å². The first-order valence-electron chi connectivity index (χ1n) is 8.79. The summed E-state index contributed by atoms with van der Waals surface area (Å²) in [6.45, 7) is 5.94. The molecule has 0 fully saturated rings. The zero-order valence-electron chi connectivity index (χ0n) is 15.5. The van der Waals surface area contributed by atoms with Gasteiger partial charge in [0.05, 0.1) is 18.3 Å². The van der Waals surface area contributed by atoms with Crippen LogP contribution in [0.2, 0.25) is 0 Å². The third-order valence-electron chi connectivity index (χ3n) is 3.96. The van der Waals surface area contributed by atoms with Crippen LogP contribution in [0.25, 0.3) is 16.9 Å². The molecule has 7 heteroatoms. The van der Waals surface area contributed by atoms with Crippen molar-refractivity contribution in [3.05, 3.63) is 71.6 Å². The SMILES string of the molecule is CC.Cc1c(-c2ccccc2)nc(N)n2nc(Cc3ccc(F)cn3)nc12. The zero-order valence-corrected chi connectivity index (χ0v) is 15.5. The highest BCUT2D eigenvalue weighted by Gasteiger charge is 2.15. The van der Waals surface area contributed by atoms with Gasteiger partial charge in [0.15, 0.2) is 11.5 Å². The van der Waals surface area contributed by atoms with Gasteiger partial charge in [0, 0.05) is 16.8 Å². The van der Waals surface area contributed by atoms with Gasteiger partial charge in [0.25, 0.3) is 0 Å². The van der Waals surface area contributed by atoms with Gasteiger partial charge in [-0.3, -0.25) is 4.98 Å². The predicted octanol–water partition coefficient (Wildman–Crippen LogP) is 3.83. The smallest absolute Gasteiger partial charge is 0.223 e. The molecule has 0 atom stereocenters. The summed E-state index contributed by atoms with van der Waals surface area (Å²) in [5, 5.41) is 4.41. The van der Waals surface area contributed by atoms with Gasteiger partial charge in [-0.05, 0) is 19.1 Å². The van der Waals surface area contributed by atoms with Crippen molar-refractivity contribution in [2.24, 2.45) is 0 Å². The van der Waals surface area contributed by atoms with Gasteiger partial charge in [-0.15, -0.1) is 5.10 Å². The zero-order chi connectivity index (χ0) is 19.4. The molecular weight excluding hydrogens is 343 g/mol. The maximum Gasteiger partial charge on any atom is 0.223 e. The van der Waals surface area contributed by atoms with Crippen LogP contribution in [0, 0.1) is 12.7 Å². The second kappa shape index (κ2) is 7.90. The van der Waals surface area contributed by atoms with Gasteiger partial charge < -0.3 is 5.73 Å². The Labute approximate surface area is 156 Å². The average Bonchev–Trinajstić information content (AvgIpc) is 3.13. The molecule has 2 N–H and O–H groups in total. The van der Waals surface area contributed by atoms with Crippen molar-refractivity contribution >= 4 is 11.6 Å². The number of aromatic nitrogens is 5. The fourth-order valence-electron chi connectivity index (χ4n) is 2.73. The van der Waals surface area contributed by atoms with Gasteiger partial charge in [-0.25, -0.2) is 14.4 Å². The van der Waals surface area contributed by atoms with E-state index in [2.05, 4.69) is 20.1 Å². The van der Waals surface area contributed by atoms with E-state index in [4.69, 9.17) is 5.73 Å². The fraction of sp³-hybridized carbons (Fsp3) is 0.200. The number of pyridine rings is 1. The van der Waals surface area contributed by atoms with Crippen LogP contribution in [0.4, 0.5) is 10.3 Å². The van der Waals surface area contributed by atoms with Crippen LogP contribution in [0.1, 0.15) is 30.9 Å². The fourth-order valence-corrected chi connectivity index (χ4v) is 2.73. The molecule has 4 rings (SSSR count). The van der Waals surface area contributed by atoms with Gasteiger partial charge in [-0.1, -0.05) is 44.2 Å². The third-order valence-corrected chi connectivity index (χ3v) is 3.96. The Morgan fingerprint density at radius 1 is 1.04 bits per heavy atom. The Kier molecular flexibility index (Phi) is 5.40. The molecular formula is C20H21FN6. The van der Waals surface area contributed by atoms with E-state index in [0.717, 1.165) is 16.8 Å². The summed E-state index contributed by atoms with van der Waals surface area (Å²) in [5.41, 5.74) is 10.1. The standard InChI is InChI=1S/C18H15FN6.C2H6/c1-11-16(12-5-3-2-4-6-12)23-18(20)25-17(11)22-15(24-25)9-14-8-7-13(19)10-21-14;1-2/h2-8,10H,9H2,1H3,(H2,20,23);1-2H3. The van der Waals surface area contributed by atoms with Crippen molar-refractivity contribution in [1.82, 2.24) is 24.6 Å². The molecule has 0 saturated heterocycles. The number of halogens is 1. The van der Waals surface area contributed by atoms with E-state index in [1.807, 2.05) is 51.1 Å². The Bertz CT molecular complexity index is 1040. The summed E-state index contributed by atoms with van der Waals surface area (Å²) in [6.07, 6.45) is 1.57. The molecule has 0 bridgehead atoms. The number of aryl methyl sites for hydroxylation is 1. The maximum atomic E-state index is 13.0. The largest absolute Gasteiger partial charge is 0.368 e. The summed E-state index contributed by atoms with van der Waals surface area (Å²) in [7, 11) is 0. The molecule has 0 aliphatic rings. The highest BCUT2D eigenvalue weighted by molar-refractivity contribution is 5.71. The Balaban J connectivity index is 0.00000102. The second-order valence-corrected chi connectivity index (χ2v) is 5.72. The number of anilines is 1. The first-order chi connectivity index (χ1) is 13.1. The van der Waals surface area contributed by atoms with E-state index in [1.54, 1.807) is 6.07 Å². The number of fused-ring (bicyclic) bond motifs is 1. The third kappa shape index (κ3) is 3.76. The van der Waals surface area contributed by atoms with Crippen LogP contribution in [0.5, 0.6) is 0 Å². The summed E-state index contributed by atoms with van der Waals surface area (Å²) >= 11 is 0. The number of rotatable bonds is 3. The summed E-state index contributed by atoms with van der Waals surface area (Å²) < 4.78 is 14.5. The van der Waals surface area contributed by atoms with E-state index >= 15 is 0 Å². The van der Waals surface area contributed by atoms with Crippen molar-refractivity contribution in [1.29, 1.82) is 0 Å². The minimum absolute atomic E-state index is 0.269. The lowest BCUT2D eigenvalue weighted by Crippen LogP contribution is -2.05. The Morgan fingerprint density at radius 3 is 2.44 bits per heavy atom. The first kappa shape index (κ1) is 18.4. The van der Waals surface area contributed by atoms with E-state index in [1.165, 1.54) is 16.8 Å². The van der Waals surface area contributed by atoms with Gasteiger partial charge in [0.2, 0.25) is 5.95 Å². The van der Waals surface area contributed by atoms with Crippen molar-refractivity contribution in [3.8, 4) is 11.3 Å². The molecule has 0 amide bonds. The molecule has 27 heavy (non-hydrogen) atoms. The Hall–Kier alpha value is -3.35. The summed E-state index contributed by atoms with van der Waals surface area (Å²) in [6, 6.07) is 12.8. The number of nitrogens with zero attached hydrogens (tertiary/aromatic N) is 5. The number of hydrogen-bond donors (Lipinski definition) is 1. The Morgan fingerprint density at radius 2 is 1.78 bits per heavy atom. The molecule has 0 aliphatic carbocycles. The number of nitrogen functional groups attached to an aromatic ring is 1. The minimum atomic E-state index is -0.372. The van der Waals surface area contributed by atoms with Gasteiger partial charge in [-0.2, -0.15) is 4.52 Å². The lowest BCUT2D eigenvalue weighted by Gasteiger charge is -2.07. The molecule has 0 aliphatic heterocycles. The quantitative estimate of drug-likeness (QED) is 0.597. The molecule has 0 radical (unpaired) electrons. The van der Waals surface area contributed by atoms with Crippen molar-refractivity contribution in [2.45, 2.75) is 27.2 Å². The van der Waals surface area contributed by atoms with Crippen LogP contribution < -0.4 is 5.73 Å². The van der Waals surface area contributed by atoms with Crippen molar-refractivity contribution in [2.75, 3.05) is 5.73 Å². The van der Waals surface area contributed by atoms with Gasteiger partial charge in [0.1, 0.15) is 5.82 Å². The predicted molar refractivity (Wildman–Crippen MR) is 104 cm³/mol. The molecule has 1 aromatic carbocycles. The molecule has 0 spiro atoms. The number of benzene rings is 1. The van der Waals surface area contributed by atoms with E-state index in [-0.39, 0.29) is 11.8 Å². The van der Waals surface area contributed by atoms with Crippen LogP contribution in [0.15, 0.2) is 48.7 Å². The minimum Gasteiger partial charge on any atom is -0.368 e. The van der Waals surface area contributed by atoms with E-state index < -0.39 is 0 Å². The van der Waals surface area contributed by atoms with Crippen LogP contribution >= 0.6 is 0 Å². The molecule has 3 aromatic heterocycles. The number of hydrogen-bond acceptors (Lipinski definition) is 5. The van der Waals surface area contributed by atoms with Crippen molar-refractivity contribution in [3.63, 3.8) is 0 Å². The lowest BCUT2D eigenvalue weighted by molar-refractivity contribution is 0.619. The molecule has 6 nitrogen and oxygen atoms in total. The monoisotopic (exact) mass is 364 g/mol. The van der Waals surface area contributed by atoms with Crippen LogP contribution in [0.3, 0.4) is 0 Å². The van der Waals surface area contributed by atoms with E-state index in [0.29, 0.717) is 23.6 Å². The highest BCUT2D eigenvalue weighted by Crippen LogP contribution is 2.25. The lowest BCUT2D eigenvalue weighted by atomic mass is 10.1. The summed E-state index contributed by atoms with van der Waals surface area (Å²) in [5.74, 6) is 0.453. The average molecular weight is 364 g/mol. The highest BCUT2D eigenvalue weighted by atomic mass is 19.1. The molecule has 0 unspecified atom stereocenters. The topological polar surface area (TPSA) is 82.0 Å². The molecule has 4 aromatic rings. The maximum absolute atomic E-state index is 13.0. The van der Waals surface area contributed by atoms with E-state index in [9.17, 15) is 4.39 Å². The molecule has 0 saturated carbocycles. The summed E-state index contributed by atoms with van der Waals surface area (Å²) in [4.78, 5) is 13.1. The van der Waals surface area contributed by atoms with Crippen molar-refractivity contribution < 1.29 is 4.39 Å². The molecule has 3 heterocycles. The normalized spacial score (nSPS) is 10.5. The second-order valence-electron chi connectivity index (χ2n) is 5.72. The molecule has 138 valence electrons. The van der Waals surface area contributed by atoms with Crippen LogP contribution in [-0.2, 0) is 6.42 Å².